The Morgan fingerprint density at radius 2 is 1.74 bits per heavy atom. The van der Waals surface area contributed by atoms with Gasteiger partial charge in [-0.1, -0.05) is 32.0 Å². The van der Waals surface area contributed by atoms with E-state index in [1.54, 1.807) is 12.1 Å². The third-order valence-electron chi connectivity index (χ3n) is 9.72. The van der Waals surface area contributed by atoms with Crippen LogP contribution in [-0.2, 0) is 16.9 Å². The van der Waals surface area contributed by atoms with Gasteiger partial charge in [-0.2, -0.15) is 5.26 Å². The number of halogens is 3. The van der Waals surface area contributed by atoms with Gasteiger partial charge in [-0.05, 0) is 125 Å². The number of hydrogen-bond donors (Lipinski definition) is 1. The fourth-order valence-electron chi connectivity index (χ4n) is 7.05. The topological polar surface area (TPSA) is 48.3 Å². The molecule has 210 valence electrons. The van der Waals surface area contributed by atoms with Crippen molar-refractivity contribution in [3.8, 4) is 6.07 Å². The summed E-state index contributed by atoms with van der Waals surface area (Å²) in [6.07, 6.45) is 6.16. The molecular formula is C31H44BrClFN3O. The summed E-state index contributed by atoms with van der Waals surface area (Å²) in [5, 5.41) is 12.7. The molecule has 2 aliphatic carbocycles. The van der Waals surface area contributed by atoms with E-state index in [1.165, 1.54) is 31.4 Å². The molecule has 0 aromatic heterocycles. The Bertz CT molecular complexity index is 1120. The lowest BCUT2D eigenvalue weighted by molar-refractivity contribution is -0.0140. The second-order valence-corrected chi connectivity index (χ2v) is 11.9. The molecule has 2 bridgehead atoms. The third kappa shape index (κ3) is 5.83. The summed E-state index contributed by atoms with van der Waals surface area (Å²) >= 11 is 0. The van der Waals surface area contributed by atoms with Crippen LogP contribution < -0.4 is 5.32 Å². The van der Waals surface area contributed by atoms with Gasteiger partial charge in [-0.15, -0.1) is 29.4 Å². The monoisotopic (exact) mass is 607 g/mol. The molecule has 2 aromatic carbocycles. The Morgan fingerprint density at radius 1 is 1.08 bits per heavy atom. The van der Waals surface area contributed by atoms with Crippen LogP contribution >= 0.6 is 29.4 Å². The van der Waals surface area contributed by atoms with Crippen molar-refractivity contribution < 1.29 is 9.13 Å². The van der Waals surface area contributed by atoms with Crippen LogP contribution in [0.4, 0.5) is 4.39 Å². The van der Waals surface area contributed by atoms with Gasteiger partial charge in [0.15, 0.2) is 0 Å². The van der Waals surface area contributed by atoms with Crippen LogP contribution in [0.25, 0.3) is 0 Å². The van der Waals surface area contributed by atoms with Gasteiger partial charge in [0.2, 0.25) is 0 Å². The minimum absolute atomic E-state index is 0. The Hall–Kier alpha value is -1.49. The van der Waals surface area contributed by atoms with E-state index in [-0.39, 0.29) is 35.2 Å². The summed E-state index contributed by atoms with van der Waals surface area (Å²) in [7, 11) is 6.23. The Balaban J connectivity index is 0.000000306. The number of benzene rings is 2. The lowest BCUT2D eigenvalue weighted by Gasteiger charge is -2.47. The van der Waals surface area contributed by atoms with Crippen molar-refractivity contribution in [2.75, 3.05) is 27.7 Å². The highest BCUT2D eigenvalue weighted by atomic mass is 79.9. The number of nitriles is 1. The van der Waals surface area contributed by atoms with E-state index in [4.69, 9.17) is 10.00 Å². The normalized spacial score (nSPS) is 28.0. The van der Waals surface area contributed by atoms with Crippen LogP contribution in [0, 0.1) is 34.4 Å². The number of ether oxygens (including phenoxy) is 1. The molecule has 2 unspecified atom stereocenters. The van der Waals surface area contributed by atoms with Crippen LogP contribution in [0.3, 0.4) is 0 Å². The number of fused-ring (bicyclic) bond motifs is 3. The van der Waals surface area contributed by atoms with Crippen molar-refractivity contribution in [3.63, 3.8) is 0 Å². The summed E-state index contributed by atoms with van der Waals surface area (Å²) in [6, 6.07) is 14.5. The molecular weight excluding hydrogens is 565 g/mol. The molecule has 0 amide bonds. The zero-order chi connectivity index (χ0) is 26.1. The molecule has 2 fully saturated rings. The maximum atomic E-state index is 13.4. The number of rotatable bonds is 6. The Kier molecular flexibility index (Phi) is 11.0. The fourth-order valence-corrected chi connectivity index (χ4v) is 7.05. The van der Waals surface area contributed by atoms with Gasteiger partial charge in [-0.25, -0.2) is 4.39 Å². The van der Waals surface area contributed by atoms with E-state index in [1.807, 2.05) is 32.3 Å². The smallest absolute Gasteiger partial charge is 0.123 e. The van der Waals surface area contributed by atoms with Crippen LogP contribution in [-0.4, -0.2) is 38.1 Å². The first kappa shape index (κ1) is 32.7. The SMILES string of the molecule is Br.CN(C)CCCC1(c2ccc(F)cc2)OCc2cc(C#N)ccc21.CNC1(C)[C@H]2CC[C@H](C2)C1(C)C.Cl. The van der Waals surface area contributed by atoms with E-state index in [0.29, 0.717) is 23.1 Å². The van der Waals surface area contributed by atoms with Crippen LogP contribution in [0.1, 0.15) is 75.1 Å². The summed E-state index contributed by atoms with van der Waals surface area (Å²) in [4.78, 5) is 2.15. The lowest BCUT2D eigenvalue weighted by Crippen LogP contribution is -2.55. The van der Waals surface area contributed by atoms with Crippen molar-refractivity contribution >= 4 is 29.4 Å². The summed E-state index contributed by atoms with van der Waals surface area (Å²) in [5.41, 5.74) is 4.08. The van der Waals surface area contributed by atoms with E-state index in [9.17, 15) is 4.39 Å². The highest BCUT2D eigenvalue weighted by molar-refractivity contribution is 8.93. The number of nitrogens with zero attached hydrogens (tertiary/aromatic N) is 2. The molecule has 0 radical (unpaired) electrons. The van der Waals surface area contributed by atoms with Crippen molar-refractivity contribution in [2.24, 2.45) is 17.3 Å². The van der Waals surface area contributed by atoms with Crippen molar-refractivity contribution in [3.05, 3.63) is 70.5 Å². The molecule has 2 saturated carbocycles. The number of nitrogens with one attached hydrogen (secondary N) is 1. The largest absolute Gasteiger partial charge is 0.361 e. The molecule has 38 heavy (non-hydrogen) atoms. The lowest BCUT2D eigenvalue weighted by atomic mass is 9.64. The summed E-state index contributed by atoms with van der Waals surface area (Å²) < 4.78 is 19.6. The van der Waals surface area contributed by atoms with Gasteiger partial charge in [-0.3, -0.25) is 0 Å². The minimum Gasteiger partial charge on any atom is -0.361 e. The average Bonchev–Trinajstić information content (AvgIpc) is 3.54. The molecule has 1 heterocycles. The molecule has 0 spiro atoms. The van der Waals surface area contributed by atoms with Crippen molar-refractivity contribution in [1.82, 2.24) is 10.2 Å². The van der Waals surface area contributed by atoms with Gasteiger partial charge in [0.05, 0.1) is 18.2 Å². The maximum absolute atomic E-state index is 13.4. The Labute approximate surface area is 245 Å². The average molecular weight is 609 g/mol. The second kappa shape index (κ2) is 12.8. The fraction of sp³-hybridized carbons (Fsp3) is 0.581. The highest BCUT2D eigenvalue weighted by Gasteiger charge is 2.59. The van der Waals surface area contributed by atoms with E-state index in [2.05, 4.69) is 44.1 Å². The van der Waals surface area contributed by atoms with Gasteiger partial charge in [0.25, 0.3) is 0 Å². The van der Waals surface area contributed by atoms with Crippen LogP contribution in [0.15, 0.2) is 42.5 Å². The Morgan fingerprint density at radius 3 is 2.26 bits per heavy atom. The molecule has 4 nitrogen and oxygen atoms in total. The zero-order valence-corrected chi connectivity index (χ0v) is 26.2. The second-order valence-electron chi connectivity index (χ2n) is 11.9. The van der Waals surface area contributed by atoms with Gasteiger partial charge < -0.3 is 15.0 Å². The standard InChI is InChI=1S/C20H21FN2O.C11H21N.BrH.ClH/c1-23(2)11-3-10-20(17-5-7-18(21)8-6-17)19-9-4-15(13-22)12-16(19)14-24-20;1-10(2)8-5-6-9(7-8)11(10,3)12-4;;/h4-9,12H,3,10-11,14H2,1-2H3;8-9,12H,5-7H2,1-4H3;2*1H/t;8-,9+,11?;;/m.1../s1. The predicted molar refractivity (Wildman–Crippen MR) is 161 cm³/mol. The quantitative estimate of drug-likeness (QED) is 0.376. The van der Waals surface area contributed by atoms with Crippen molar-refractivity contribution in [2.45, 2.75) is 70.6 Å². The first-order chi connectivity index (χ1) is 17.1. The van der Waals surface area contributed by atoms with E-state index < -0.39 is 5.60 Å². The van der Waals surface area contributed by atoms with E-state index in [0.717, 1.165) is 47.9 Å². The van der Waals surface area contributed by atoms with Crippen LogP contribution in [0.2, 0.25) is 0 Å². The van der Waals surface area contributed by atoms with Crippen LogP contribution in [0.5, 0.6) is 0 Å². The van der Waals surface area contributed by atoms with Crippen molar-refractivity contribution in [1.29, 1.82) is 5.26 Å². The molecule has 0 saturated heterocycles. The van der Waals surface area contributed by atoms with Gasteiger partial charge >= 0.3 is 0 Å². The molecule has 5 rings (SSSR count). The first-order valence-corrected chi connectivity index (χ1v) is 13.3. The summed E-state index contributed by atoms with van der Waals surface area (Å²) in [5.74, 6) is 1.66. The molecule has 1 N–H and O–H groups in total. The molecule has 4 atom stereocenters. The minimum atomic E-state index is -0.562. The maximum Gasteiger partial charge on any atom is 0.123 e. The molecule has 1 aliphatic heterocycles. The summed E-state index contributed by atoms with van der Waals surface area (Å²) in [6.45, 7) is 8.72. The number of hydrogen-bond acceptors (Lipinski definition) is 4. The first-order valence-electron chi connectivity index (χ1n) is 13.3. The molecule has 7 heteroatoms. The molecule has 3 aliphatic rings. The molecule has 2 aromatic rings. The predicted octanol–water partition coefficient (Wildman–Crippen LogP) is 7.23. The van der Waals surface area contributed by atoms with Gasteiger partial charge in [0.1, 0.15) is 11.4 Å². The highest BCUT2D eigenvalue weighted by Crippen LogP contribution is 2.61. The van der Waals surface area contributed by atoms with E-state index >= 15 is 0 Å². The third-order valence-corrected chi connectivity index (χ3v) is 9.72. The zero-order valence-electron chi connectivity index (χ0n) is 23.6. The van der Waals surface area contributed by atoms with Gasteiger partial charge in [0, 0.05) is 5.54 Å².